The molecule has 0 spiro atoms. The summed E-state index contributed by atoms with van der Waals surface area (Å²) in [5, 5.41) is 0.603. The number of rotatable bonds is 3. The maximum Gasteiger partial charge on any atom is 0.494 e. The van der Waals surface area contributed by atoms with Gasteiger partial charge >= 0.3 is 13.1 Å². The molecule has 128 valence electrons. The Labute approximate surface area is 146 Å². The minimum absolute atomic E-state index is 0.379. The molecule has 3 rings (SSSR count). The van der Waals surface area contributed by atoms with Crippen molar-refractivity contribution in [2.45, 2.75) is 45.8 Å². The highest BCUT2D eigenvalue weighted by Gasteiger charge is 2.51. The minimum Gasteiger partial charge on any atom is -0.399 e. The SMILES string of the molecule is CCN(C(N)=O)c1nc2ccc(B3OC(C)(C)C(C)(C)O3)cc2s1. The zero-order valence-corrected chi connectivity index (χ0v) is 15.4. The standard InChI is InChI=1S/C16H22BN3O3S/c1-6-20(13(18)21)14-19-11-8-7-10(9-12(11)24-14)17-22-15(2,3)16(4,5)23-17/h7-9H,6H2,1-5H3,(H2,18,21). The number of urea groups is 1. The van der Waals surface area contributed by atoms with Crippen LogP contribution in [0.5, 0.6) is 0 Å². The molecule has 1 saturated heterocycles. The zero-order chi connectivity index (χ0) is 17.7. The highest BCUT2D eigenvalue weighted by atomic mass is 32.1. The fraction of sp³-hybridized carbons (Fsp3) is 0.500. The van der Waals surface area contributed by atoms with Crippen molar-refractivity contribution in [2.24, 2.45) is 5.73 Å². The van der Waals surface area contributed by atoms with Crippen LogP contribution in [-0.2, 0) is 9.31 Å². The molecular weight excluding hydrogens is 325 g/mol. The van der Waals surface area contributed by atoms with E-state index < -0.39 is 13.1 Å². The molecular formula is C16H22BN3O3S. The molecule has 0 radical (unpaired) electrons. The average Bonchev–Trinajstić information content (AvgIpc) is 2.97. The number of anilines is 1. The van der Waals surface area contributed by atoms with Gasteiger partial charge in [0.1, 0.15) is 0 Å². The number of primary amides is 1. The molecule has 2 heterocycles. The van der Waals surface area contributed by atoms with Crippen LogP contribution in [-0.4, -0.2) is 35.9 Å². The van der Waals surface area contributed by atoms with E-state index in [9.17, 15) is 4.79 Å². The van der Waals surface area contributed by atoms with E-state index in [-0.39, 0.29) is 11.2 Å². The Bertz CT molecular complexity index is 774. The number of hydrogen-bond acceptors (Lipinski definition) is 5. The lowest BCUT2D eigenvalue weighted by atomic mass is 9.79. The highest BCUT2D eigenvalue weighted by molar-refractivity contribution is 7.22. The number of carbonyl (C=O) groups is 1. The summed E-state index contributed by atoms with van der Waals surface area (Å²) in [5.74, 6) is 0. The smallest absolute Gasteiger partial charge is 0.399 e. The molecule has 0 unspecified atom stereocenters. The van der Waals surface area contributed by atoms with Crippen LogP contribution in [0.4, 0.5) is 9.93 Å². The summed E-state index contributed by atoms with van der Waals surface area (Å²) < 4.78 is 13.1. The van der Waals surface area contributed by atoms with Crippen molar-refractivity contribution in [2.75, 3.05) is 11.4 Å². The number of thiazole rings is 1. The maximum absolute atomic E-state index is 11.5. The fourth-order valence-corrected chi connectivity index (χ4v) is 3.64. The highest BCUT2D eigenvalue weighted by Crippen LogP contribution is 2.37. The predicted octanol–water partition coefficient (Wildman–Crippen LogP) is 2.50. The Morgan fingerprint density at radius 3 is 2.46 bits per heavy atom. The van der Waals surface area contributed by atoms with E-state index in [4.69, 9.17) is 15.0 Å². The van der Waals surface area contributed by atoms with Crippen molar-refractivity contribution >= 4 is 45.3 Å². The summed E-state index contributed by atoms with van der Waals surface area (Å²) >= 11 is 1.43. The van der Waals surface area contributed by atoms with Gasteiger partial charge in [-0.2, -0.15) is 0 Å². The van der Waals surface area contributed by atoms with Gasteiger partial charge in [0.25, 0.3) is 0 Å². The van der Waals surface area contributed by atoms with Crippen molar-refractivity contribution in [3.8, 4) is 0 Å². The first-order valence-electron chi connectivity index (χ1n) is 7.98. The lowest BCUT2D eigenvalue weighted by molar-refractivity contribution is 0.00578. The van der Waals surface area contributed by atoms with Gasteiger partial charge < -0.3 is 15.0 Å². The van der Waals surface area contributed by atoms with Crippen LogP contribution in [0.1, 0.15) is 34.6 Å². The second-order valence-electron chi connectivity index (χ2n) is 6.89. The molecule has 24 heavy (non-hydrogen) atoms. The first kappa shape index (κ1) is 17.2. The second-order valence-corrected chi connectivity index (χ2v) is 7.90. The summed E-state index contributed by atoms with van der Waals surface area (Å²) in [4.78, 5) is 17.5. The van der Waals surface area contributed by atoms with Gasteiger partial charge in [-0.05, 0) is 52.2 Å². The molecule has 0 saturated carbocycles. The lowest BCUT2D eigenvalue weighted by Gasteiger charge is -2.32. The Hall–Kier alpha value is -1.64. The zero-order valence-electron chi connectivity index (χ0n) is 14.6. The number of benzene rings is 1. The number of nitrogens with zero attached hydrogens (tertiary/aromatic N) is 2. The Kier molecular flexibility index (Phi) is 4.10. The van der Waals surface area contributed by atoms with E-state index >= 15 is 0 Å². The first-order valence-corrected chi connectivity index (χ1v) is 8.79. The number of nitrogens with two attached hydrogens (primary N) is 1. The maximum atomic E-state index is 11.5. The third kappa shape index (κ3) is 2.79. The monoisotopic (exact) mass is 347 g/mol. The molecule has 2 N–H and O–H groups in total. The Balaban J connectivity index is 1.94. The fourth-order valence-electron chi connectivity index (χ4n) is 2.56. The van der Waals surface area contributed by atoms with Crippen molar-refractivity contribution in [1.82, 2.24) is 4.98 Å². The summed E-state index contributed by atoms with van der Waals surface area (Å²) in [6.07, 6.45) is 0. The minimum atomic E-state index is -0.497. The predicted molar refractivity (Wildman–Crippen MR) is 97.9 cm³/mol. The summed E-state index contributed by atoms with van der Waals surface area (Å²) in [6, 6.07) is 5.38. The van der Waals surface area contributed by atoms with Crippen molar-refractivity contribution in [3.63, 3.8) is 0 Å². The van der Waals surface area contributed by atoms with Crippen molar-refractivity contribution < 1.29 is 14.1 Å². The first-order chi connectivity index (χ1) is 11.1. The molecule has 1 aromatic carbocycles. The van der Waals surface area contributed by atoms with Crippen LogP contribution in [0.3, 0.4) is 0 Å². The molecule has 2 aromatic rings. The van der Waals surface area contributed by atoms with Crippen LogP contribution >= 0.6 is 11.3 Å². The Morgan fingerprint density at radius 2 is 1.92 bits per heavy atom. The number of amides is 2. The third-order valence-electron chi connectivity index (χ3n) is 4.74. The summed E-state index contributed by atoms with van der Waals surface area (Å²) in [7, 11) is -0.414. The van der Waals surface area contributed by atoms with Crippen LogP contribution in [0.2, 0.25) is 0 Å². The summed E-state index contributed by atoms with van der Waals surface area (Å²) in [5.41, 5.74) is 6.42. The molecule has 8 heteroatoms. The number of aromatic nitrogens is 1. The topological polar surface area (TPSA) is 77.7 Å². The van der Waals surface area contributed by atoms with E-state index in [0.717, 1.165) is 15.7 Å². The van der Waals surface area contributed by atoms with E-state index in [0.29, 0.717) is 11.7 Å². The second kappa shape index (κ2) is 5.72. The van der Waals surface area contributed by atoms with Crippen LogP contribution in [0, 0.1) is 0 Å². The number of hydrogen-bond donors (Lipinski definition) is 1. The molecule has 1 aromatic heterocycles. The molecule has 0 aliphatic carbocycles. The van der Waals surface area contributed by atoms with Crippen LogP contribution in [0.25, 0.3) is 10.2 Å². The number of fused-ring (bicyclic) bond motifs is 1. The van der Waals surface area contributed by atoms with Gasteiger partial charge in [-0.1, -0.05) is 17.4 Å². The van der Waals surface area contributed by atoms with Crippen molar-refractivity contribution in [1.29, 1.82) is 0 Å². The molecule has 2 amide bonds. The van der Waals surface area contributed by atoms with Gasteiger partial charge in [0, 0.05) is 6.54 Å². The van der Waals surface area contributed by atoms with Gasteiger partial charge in [0.2, 0.25) is 0 Å². The van der Waals surface area contributed by atoms with Gasteiger partial charge in [0.15, 0.2) is 5.13 Å². The largest absolute Gasteiger partial charge is 0.494 e. The molecule has 0 atom stereocenters. The molecule has 0 bridgehead atoms. The quantitative estimate of drug-likeness (QED) is 0.866. The average molecular weight is 347 g/mol. The van der Waals surface area contributed by atoms with Crippen LogP contribution < -0.4 is 16.1 Å². The third-order valence-corrected chi connectivity index (χ3v) is 5.78. The van der Waals surface area contributed by atoms with E-state index in [2.05, 4.69) is 4.98 Å². The number of carbonyl (C=O) groups excluding carboxylic acids is 1. The van der Waals surface area contributed by atoms with E-state index in [1.54, 1.807) is 0 Å². The molecule has 1 aliphatic heterocycles. The molecule has 6 nitrogen and oxygen atoms in total. The van der Waals surface area contributed by atoms with E-state index in [1.165, 1.54) is 16.2 Å². The summed E-state index contributed by atoms with van der Waals surface area (Å²) in [6.45, 7) is 10.5. The van der Waals surface area contributed by atoms with Crippen molar-refractivity contribution in [3.05, 3.63) is 18.2 Å². The van der Waals surface area contributed by atoms with Gasteiger partial charge in [-0.3, -0.25) is 4.90 Å². The van der Waals surface area contributed by atoms with E-state index in [1.807, 2.05) is 52.8 Å². The van der Waals surface area contributed by atoms with Gasteiger partial charge in [-0.25, -0.2) is 9.78 Å². The normalized spacial score (nSPS) is 19.0. The molecule has 1 aliphatic rings. The molecule has 1 fully saturated rings. The van der Waals surface area contributed by atoms with Gasteiger partial charge in [0.05, 0.1) is 21.4 Å². The van der Waals surface area contributed by atoms with Crippen LogP contribution in [0.15, 0.2) is 18.2 Å². The lowest BCUT2D eigenvalue weighted by Crippen LogP contribution is -2.41. The Morgan fingerprint density at radius 1 is 1.29 bits per heavy atom. The van der Waals surface area contributed by atoms with Gasteiger partial charge in [-0.15, -0.1) is 0 Å².